The monoisotopic (exact) mass is 322 g/mol. The van der Waals surface area contributed by atoms with Gasteiger partial charge in [0.1, 0.15) is 5.82 Å². The van der Waals surface area contributed by atoms with Crippen LogP contribution in [0.5, 0.6) is 0 Å². The summed E-state index contributed by atoms with van der Waals surface area (Å²) in [6, 6.07) is 0.317. The molecule has 0 radical (unpaired) electrons. The third kappa shape index (κ3) is 4.12. The van der Waals surface area contributed by atoms with Crippen molar-refractivity contribution in [1.82, 2.24) is 20.1 Å². The van der Waals surface area contributed by atoms with Crippen LogP contribution in [0.25, 0.3) is 0 Å². The predicted octanol–water partition coefficient (Wildman–Crippen LogP) is 2.95. The number of aromatic nitrogens is 3. The fourth-order valence-electron chi connectivity index (χ4n) is 2.83. The Balaban J connectivity index is 1.95. The van der Waals surface area contributed by atoms with Crippen molar-refractivity contribution in [2.24, 2.45) is 5.92 Å². The highest BCUT2D eigenvalue weighted by Gasteiger charge is 2.26. The van der Waals surface area contributed by atoms with E-state index in [1.165, 1.54) is 31.0 Å². The van der Waals surface area contributed by atoms with Gasteiger partial charge in [-0.25, -0.2) is 0 Å². The van der Waals surface area contributed by atoms with Gasteiger partial charge in [0.15, 0.2) is 5.16 Å². The zero-order valence-corrected chi connectivity index (χ0v) is 14.5. The number of nitrogens with zero attached hydrogens (tertiary/aromatic N) is 3. The second-order valence-electron chi connectivity index (χ2n) is 6.07. The topological polar surface area (TPSA) is 59.8 Å². The van der Waals surface area contributed by atoms with Crippen molar-refractivity contribution in [2.75, 3.05) is 0 Å². The number of thioether (sulfide) groups is 1. The lowest BCUT2D eigenvalue weighted by Crippen LogP contribution is -2.44. The Hall–Kier alpha value is -1.30. The maximum Gasteiger partial charge on any atom is 0.233 e. The van der Waals surface area contributed by atoms with Crippen molar-refractivity contribution in [2.45, 2.75) is 69.4 Å². The molecule has 1 amide bonds. The van der Waals surface area contributed by atoms with Crippen molar-refractivity contribution >= 4 is 17.7 Å². The molecular weight excluding hydrogens is 296 g/mol. The van der Waals surface area contributed by atoms with Gasteiger partial charge in [-0.15, -0.1) is 16.8 Å². The number of nitrogens with one attached hydrogen (secondary N) is 1. The van der Waals surface area contributed by atoms with Gasteiger partial charge in [-0.05, 0) is 32.6 Å². The van der Waals surface area contributed by atoms with E-state index in [9.17, 15) is 4.79 Å². The van der Waals surface area contributed by atoms with Crippen LogP contribution in [0.2, 0.25) is 0 Å². The largest absolute Gasteiger partial charge is 0.352 e. The van der Waals surface area contributed by atoms with E-state index in [2.05, 4.69) is 29.0 Å². The lowest BCUT2D eigenvalue weighted by molar-refractivity contribution is -0.121. The standard InChI is InChI=1S/C16H26N4OS/c1-5-10-20-13(4)18-19-16(20)22-12(3)15(21)17-14-9-7-6-8-11(14)2/h5,11-12,14H,1,6-10H2,2-4H3,(H,17,21). The zero-order chi connectivity index (χ0) is 16.1. The fourth-order valence-corrected chi connectivity index (χ4v) is 3.74. The summed E-state index contributed by atoms with van der Waals surface area (Å²) in [6.45, 7) is 10.5. The van der Waals surface area contributed by atoms with Crippen molar-refractivity contribution in [3.63, 3.8) is 0 Å². The van der Waals surface area contributed by atoms with Crippen LogP contribution in [0, 0.1) is 12.8 Å². The summed E-state index contributed by atoms with van der Waals surface area (Å²) in [4.78, 5) is 12.4. The molecule has 1 fully saturated rings. The molecule has 2 rings (SSSR count). The van der Waals surface area contributed by atoms with Crippen molar-refractivity contribution in [1.29, 1.82) is 0 Å². The summed E-state index contributed by atoms with van der Waals surface area (Å²) in [5, 5.41) is 12.1. The number of amides is 1. The molecule has 6 heteroatoms. The SMILES string of the molecule is C=CCn1c(C)nnc1SC(C)C(=O)NC1CCCCC1C. The minimum Gasteiger partial charge on any atom is -0.352 e. The van der Waals surface area contributed by atoms with Crippen LogP contribution in [-0.2, 0) is 11.3 Å². The second kappa shape index (κ2) is 7.81. The van der Waals surface area contributed by atoms with Crippen LogP contribution in [0.1, 0.15) is 45.4 Å². The normalized spacial score (nSPS) is 23.0. The summed E-state index contributed by atoms with van der Waals surface area (Å²) in [7, 11) is 0. The summed E-state index contributed by atoms with van der Waals surface area (Å²) >= 11 is 1.46. The average Bonchev–Trinajstić information content (AvgIpc) is 2.83. The fraction of sp³-hybridized carbons (Fsp3) is 0.688. The molecule has 0 spiro atoms. The van der Waals surface area contributed by atoms with E-state index in [0.717, 1.165) is 17.4 Å². The molecule has 0 aromatic carbocycles. The molecule has 5 nitrogen and oxygen atoms in total. The third-order valence-electron chi connectivity index (χ3n) is 4.30. The number of aryl methyl sites for hydroxylation is 1. The van der Waals surface area contributed by atoms with E-state index in [1.54, 1.807) is 0 Å². The molecule has 1 N–H and O–H groups in total. The Labute approximate surface area is 137 Å². The van der Waals surface area contributed by atoms with Gasteiger partial charge in [-0.2, -0.15) is 0 Å². The number of carbonyl (C=O) groups is 1. The van der Waals surface area contributed by atoms with Gasteiger partial charge >= 0.3 is 0 Å². The molecular formula is C16H26N4OS. The van der Waals surface area contributed by atoms with Crippen molar-refractivity contribution in [3.05, 3.63) is 18.5 Å². The smallest absolute Gasteiger partial charge is 0.233 e. The van der Waals surface area contributed by atoms with Crippen LogP contribution in [0.3, 0.4) is 0 Å². The van der Waals surface area contributed by atoms with E-state index in [1.807, 2.05) is 24.5 Å². The van der Waals surface area contributed by atoms with Crippen LogP contribution in [0.15, 0.2) is 17.8 Å². The van der Waals surface area contributed by atoms with Gasteiger partial charge in [0.05, 0.1) is 5.25 Å². The molecule has 1 heterocycles. The Morgan fingerprint density at radius 2 is 2.23 bits per heavy atom. The molecule has 1 aliphatic rings. The highest BCUT2D eigenvalue weighted by atomic mass is 32.2. The number of rotatable bonds is 6. The van der Waals surface area contributed by atoms with E-state index < -0.39 is 0 Å². The van der Waals surface area contributed by atoms with Gasteiger partial charge < -0.3 is 9.88 Å². The first kappa shape index (κ1) is 17.1. The molecule has 1 aliphatic carbocycles. The first-order valence-corrected chi connectivity index (χ1v) is 8.88. The van der Waals surface area contributed by atoms with Crippen LogP contribution < -0.4 is 5.32 Å². The Bertz CT molecular complexity index is 528. The molecule has 1 aromatic heterocycles. The Kier molecular flexibility index (Phi) is 6.06. The maximum absolute atomic E-state index is 12.4. The van der Waals surface area contributed by atoms with E-state index in [0.29, 0.717) is 18.5 Å². The van der Waals surface area contributed by atoms with Gasteiger partial charge in [0.25, 0.3) is 0 Å². The number of hydrogen-bond acceptors (Lipinski definition) is 4. The van der Waals surface area contributed by atoms with Gasteiger partial charge in [-0.1, -0.05) is 37.6 Å². The molecule has 1 saturated carbocycles. The first-order chi connectivity index (χ1) is 10.5. The molecule has 0 aliphatic heterocycles. The second-order valence-corrected chi connectivity index (χ2v) is 7.37. The lowest BCUT2D eigenvalue weighted by Gasteiger charge is -2.30. The summed E-state index contributed by atoms with van der Waals surface area (Å²) in [5.74, 6) is 1.51. The zero-order valence-electron chi connectivity index (χ0n) is 13.7. The molecule has 0 bridgehead atoms. The summed E-state index contributed by atoms with van der Waals surface area (Å²) in [5.41, 5.74) is 0. The molecule has 3 unspecified atom stereocenters. The highest BCUT2D eigenvalue weighted by Crippen LogP contribution is 2.26. The maximum atomic E-state index is 12.4. The van der Waals surface area contributed by atoms with Crippen LogP contribution in [-0.4, -0.2) is 32.0 Å². The molecule has 122 valence electrons. The van der Waals surface area contributed by atoms with Gasteiger partial charge in [-0.3, -0.25) is 4.79 Å². The van der Waals surface area contributed by atoms with E-state index in [4.69, 9.17) is 0 Å². The number of hydrogen-bond donors (Lipinski definition) is 1. The lowest BCUT2D eigenvalue weighted by atomic mass is 9.86. The third-order valence-corrected chi connectivity index (χ3v) is 5.38. The summed E-state index contributed by atoms with van der Waals surface area (Å²) in [6.07, 6.45) is 6.61. The number of allylic oxidation sites excluding steroid dienone is 1. The van der Waals surface area contributed by atoms with Crippen molar-refractivity contribution < 1.29 is 4.79 Å². The van der Waals surface area contributed by atoms with E-state index in [-0.39, 0.29) is 11.2 Å². The summed E-state index contributed by atoms with van der Waals surface area (Å²) < 4.78 is 1.98. The Morgan fingerprint density at radius 1 is 1.50 bits per heavy atom. The first-order valence-electron chi connectivity index (χ1n) is 8.00. The molecule has 0 saturated heterocycles. The number of carbonyl (C=O) groups excluding carboxylic acids is 1. The van der Waals surface area contributed by atoms with E-state index >= 15 is 0 Å². The minimum absolute atomic E-state index is 0.0922. The Morgan fingerprint density at radius 3 is 2.91 bits per heavy atom. The predicted molar refractivity (Wildman–Crippen MR) is 89.8 cm³/mol. The molecule has 22 heavy (non-hydrogen) atoms. The highest BCUT2D eigenvalue weighted by molar-refractivity contribution is 8.00. The molecule has 3 atom stereocenters. The van der Waals surface area contributed by atoms with Gasteiger partial charge in [0, 0.05) is 12.6 Å². The van der Waals surface area contributed by atoms with Crippen LogP contribution >= 0.6 is 11.8 Å². The van der Waals surface area contributed by atoms with Crippen molar-refractivity contribution in [3.8, 4) is 0 Å². The average molecular weight is 322 g/mol. The quantitative estimate of drug-likeness (QED) is 0.646. The van der Waals surface area contributed by atoms with Gasteiger partial charge in [0.2, 0.25) is 5.91 Å². The minimum atomic E-state index is -0.179. The molecule has 1 aromatic rings. The van der Waals surface area contributed by atoms with Crippen LogP contribution in [0.4, 0.5) is 0 Å².